The Labute approximate surface area is 183 Å². The van der Waals surface area contributed by atoms with E-state index in [1.54, 1.807) is 10.5 Å². The van der Waals surface area contributed by atoms with Gasteiger partial charge in [-0.3, -0.25) is 0 Å². The summed E-state index contributed by atoms with van der Waals surface area (Å²) in [6.07, 6.45) is 5.79. The molecule has 8 heteroatoms. The zero-order chi connectivity index (χ0) is 21.3. The van der Waals surface area contributed by atoms with E-state index in [1.807, 2.05) is 38.3 Å². The quantitative estimate of drug-likeness (QED) is 0.695. The molecule has 2 saturated heterocycles. The van der Waals surface area contributed by atoms with Crippen LogP contribution in [-0.4, -0.2) is 60.9 Å². The van der Waals surface area contributed by atoms with Crippen molar-refractivity contribution in [2.75, 3.05) is 26.2 Å². The highest BCUT2D eigenvalue weighted by Crippen LogP contribution is 2.30. The summed E-state index contributed by atoms with van der Waals surface area (Å²) in [6.45, 7) is 9.00. The highest BCUT2D eigenvalue weighted by atomic mass is 32.2. The van der Waals surface area contributed by atoms with Crippen molar-refractivity contribution in [1.29, 1.82) is 0 Å². The van der Waals surface area contributed by atoms with Crippen LogP contribution in [0.1, 0.15) is 42.4 Å². The number of piperidine rings is 2. The molecule has 1 aromatic carbocycles. The standard InChI is InChI=1S/C22H31N3O3S2/c1-16-14-17(2)21(18(3)15-16)30(26,27)25-11-4-19(5-12-25)24-9-6-20(7-10-24)28-22-23-8-13-29-22/h8,13-15,19-20H,4-7,9-12H2,1-3H3. The SMILES string of the molecule is Cc1cc(C)c(S(=O)(=O)N2CCC(N3CCC(Oc4nccs4)CC3)CC2)c(C)c1. The number of hydrogen-bond donors (Lipinski definition) is 0. The second kappa shape index (κ2) is 8.94. The number of benzene rings is 1. The van der Waals surface area contributed by atoms with E-state index in [0.717, 1.165) is 60.7 Å². The van der Waals surface area contributed by atoms with Gasteiger partial charge < -0.3 is 9.64 Å². The number of sulfonamides is 1. The van der Waals surface area contributed by atoms with E-state index in [9.17, 15) is 8.42 Å². The lowest BCUT2D eigenvalue weighted by Gasteiger charge is -2.41. The van der Waals surface area contributed by atoms with E-state index < -0.39 is 10.0 Å². The fraction of sp³-hybridized carbons (Fsp3) is 0.591. The molecule has 2 aliphatic rings. The number of nitrogens with zero attached hydrogens (tertiary/aromatic N) is 3. The van der Waals surface area contributed by atoms with Crippen LogP contribution in [0.3, 0.4) is 0 Å². The fourth-order valence-electron chi connectivity index (χ4n) is 4.92. The third-order valence-corrected chi connectivity index (χ3v) is 9.16. The maximum atomic E-state index is 13.3. The van der Waals surface area contributed by atoms with Crippen LogP contribution in [0.25, 0.3) is 0 Å². The van der Waals surface area contributed by atoms with E-state index in [0.29, 0.717) is 24.0 Å². The van der Waals surface area contributed by atoms with E-state index in [1.165, 1.54) is 11.3 Å². The largest absolute Gasteiger partial charge is 0.467 e. The predicted octanol–water partition coefficient (Wildman–Crippen LogP) is 3.76. The minimum absolute atomic E-state index is 0.236. The van der Waals surface area contributed by atoms with Gasteiger partial charge in [0.25, 0.3) is 5.19 Å². The molecular formula is C22H31N3O3S2. The van der Waals surface area contributed by atoms with Crippen LogP contribution in [0.4, 0.5) is 0 Å². The van der Waals surface area contributed by atoms with Crippen molar-refractivity contribution in [3.05, 3.63) is 40.4 Å². The van der Waals surface area contributed by atoms with Gasteiger partial charge in [-0.25, -0.2) is 13.4 Å². The molecule has 0 N–H and O–H groups in total. The lowest BCUT2D eigenvalue weighted by atomic mass is 10.00. The molecule has 0 amide bonds. The molecule has 0 saturated carbocycles. The Hall–Kier alpha value is -1.48. The Kier molecular flexibility index (Phi) is 6.48. The van der Waals surface area contributed by atoms with Crippen LogP contribution in [0.15, 0.2) is 28.6 Å². The normalized spacial score (nSPS) is 20.5. The van der Waals surface area contributed by atoms with Crippen molar-refractivity contribution in [2.24, 2.45) is 0 Å². The molecule has 1 aromatic heterocycles. The van der Waals surface area contributed by atoms with Crippen molar-refractivity contribution >= 4 is 21.4 Å². The average Bonchev–Trinajstić information content (AvgIpc) is 3.21. The van der Waals surface area contributed by atoms with Crippen LogP contribution in [0.5, 0.6) is 5.19 Å². The van der Waals surface area contributed by atoms with Crippen LogP contribution in [-0.2, 0) is 10.0 Å². The molecule has 0 unspecified atom stereocenters. The second-order valence-electron chi connectivity index (χ2n) is 8.51. The summed E-state index contributed by atoms with van der Waals surface area (Å²) < 4.78 is 34.3. The van der Waals surface area contributed by atoms with Gasteiger partial charge in [0.2, 0.25) is 10.0 Å². The highest BCUT2D eigenvalue weighted by molar-refractivity contribution is 7.89. The monoisotopic (exact) mass is 449 g/mol. The smallest absolute Gasteiger partial charge is 0.273 e. The Morgan fingerprint density at radius 1 is 1.00 bits per heavy atom. The summed E-state index contributed by atoms with van der Waals surface area (Å²) in [5.41, 5.74) is 2.79. The predicted molar refractivity (Wildman–Crippen MR) is 120 cm³/mol. The third-order valence-electron chi connectivity index (χ3n) is 6.30. The van der Waals surface area contributed by atoms with Crippen molar-refractivity contribution < 1.29 is 13.2 Å². The lowest BCUT2D eigenvalue weighted by Crippen LogP contribution is -2.50. The van der Waals surface area contributed by atoms with Gasteiger partial charge in [0.05, 0.1) is 4.90 Å². The zero-order valence-electron chi connectivity index (χ0n) is 18.0. The fourth-order valence-corrected chi connectivity index (χ4v) is 7.35. The van der Waals surface area contributed by atoms with Gasteiger partial charge in [0, 0.05) is 43.8 Å². The summed E-state index contributed by atoms with van der Waals surface area (Å²) in [5, 5.41) is 2.69. The number of rotatable bonds is 5. The summed E-state index contributed by atoms with van der Waals surface area (Å²) >= 11 is 1.54. The van der Waals surface area contributed by atoms with Crippen LogP contribution in [0, 0.1) is 20.8 Å². The van der Waals surface area contributed by atoms with Crippen LogP contribution >= 0.6 is 11.3 Å². The molecule has 2 fully saturated rings. The molecule has 30 heavy (non-hydrogen) atoms. The van der Waals surface area contributed by atoms with Gasteiger partial charge >= 0.3 is 0 Å². The van der Waals surface area contributed by atoms with Gasteiger partial charge in [0.1, 0.15) is 6.10 Å². The van der Waals surface area contributed by atoms with Crippen molar-refractivity contribution in [2.45, 2.75) is 63.5 Å². The molecular weight excluding hydrogens is 418 g/mol. The first kappa shape index (κ1) is 21.7. The number of likely N-dealkylation sites (tertiary alicyclic amines) is 1. The summed E-state index contributed by atoms with van der Waals surface area (Å²) in [6, 6.07) is 4.38. The Morgan fingerprint density at radius 2 is 1.63 bits per heavy atom. The molecule has 0 spiro atoms. The molecule has 4 rings (SSSR count). The maximum Gasteiger partial charge on any atom is 0.273 e. The van der Waals surface area contributed by atoms with Gasteiger partial charge in [-0.05, 0) is 57.6 Å². The first-order chi connectivity index (χ1) is 14.3. The average molecular weight is 450 g/mol. The topological polar surface area (TPSA) is 62.7 Å². The molecule has 164 valence electrons. The maximum absolute atomic E-state index is 13.3. The number of ether oxygens (including phenoxy) is 1. The third kappa shape index (κ3) is 4.56. The molecule has 2 aliphatic heterocycles. The van der Waals surface area contributed by atoms with Gasteiger partial charge in [-0.15, -0.1) is 0 Å². The number of aryl methyl sites for hydroxylation is 3. The summed E-state index contributed by atoms with van der Waals surface area (Å²) in [5.74, 6) is 0. The van der Waals surface area contributed by atoms with E-state index in [4.69, 9.17) is 4.74 Å². The Bertz CT molecular complexity index is 937. The number of thiazole rings is 1. The highest BCUT2D eigenvalue weighted by Gasteiger charge is 2.34. The molecule has 0 radical (unpaired) electrons. The first-order valence-corrected chi connectivity index (χ1v) is 13.0. The molecule has 3 heterocycles. The molecule has 0 aliphatic carbocycles. The first-order valence-electron chi connectivity index (χ1n) is 10.7. The Morgan fingerprint density at radius 3 is 2.20 bits per heavy atom. The molecule has 0 atom stereocenters. The summed E-state index contributed by atoms with van der Waals surface area (Å²) in [7, 11) is -3.44. The van der Waals surface area contributed by atoms with E-state index in [2.05, 4.69) is 9.88 Å². The van der Waals surface area contributed by atoms with Crippen molar-refractivity contribution in [3.8, 4) is 5.19 Å². The van der Waals surface area contributed by atoms with E-state index in [-0.39, 0.29) is 6.10 Å². The van der Waals surface area contributed by atoms with Gasteiger partial charge in [-0.2, -0.15) is 4.31 Å². The van der Waals surface area contributed by atoms with E-state index >= 15 is 0 Å². The van der Waals surface area contributed by atoms with Crippen molar-refractivity contribution in [3.63, 3.8) is 0 Å². The van der Waals surface area contributed by atoms with Gasteiger partial charge in [-0.1, -0.05) is 29.0 Å². The molecule has 6 nitrogen and oxygen atoms in total. The minimum Gasteiger partial charge on any atom is -0.467 e. The second-order valence-corrected chi connectivity index (χ2v) is 11.2. The number of hydrogen-bond acceptors (Lipinski definition) is 6. The minimum atomic E-state index is -3.44. The van der Waals surface area contributed by atoms with Crippen molar-refractivity contribution in [1.82, 2.24) is 14.2 Å². The zero-order valence-corrected chi connectivity index (χ0v) is 19.6. The van der Waals surface area contributed by atoms with Gasteiger partial charge in [0.15, 0.2) is 0 Å². The molecule has 0 bridgehead atoms. The Balaban J connectivity index is 1.33. The van der Waals surface area contributed by atoms with Crippen LogP contribution < -0.4 is 4.74 Å². The lowest BCUT2D eigenvalue weighted by molar-refractivity contribution is 0.0584. The molecule has 2 aromatic rings. The number of aromatic nitrogens is 1. The summed E-state index contributed by atoms with van der Waals surface area (Å²) in [4.78, 5) is 7.23. The van der Waals surface area contributed by atoms with Crippen LogP contribution in [0.2, 0.25) is 0 Å².